The van der Waals surface area contributed by atoms with Gasteiger partial charge in [-0.3, -0.25) is 5.10 Å². The summed E-state index contributed by atoms with van der Waals surface area (Å²) in [6.07, 6.45) is -4.39. The Morgan fingerprint density at radius 1 is 1.24 bits per heavy atom. The molecule has 0 amide bonds. The van der Waals surface area contributed by atoms with Gasteiger partial charge < -0.3 is 5.11 Å². The first-order valence-electron chi connectivity index (χ1n) is 4.98. The first kappa shape index (κ1) is 11.9. The van der Waals surface area contributed by atoms with Gasteiger partial charge in [-0.25, -0.2) is 0 Å². The smallest absolute Gasteiger partial charge is 0.384 e. The van der Waals surface area contributed by atoms with Crippen molar-refractivity contribution in [2.45, 2.75) is 25.6 Å². The van der Waals surface area contributed by atoms with Crippen molar-refractivity contribution in [3.05, 3.63) is 29.5 Å². The van der Waals surface area contributed by atoms with Crippen LogP contribution in [0.2, 0.25) is 0 Å². The Morgan fingerprint density at radius 3 is 2.41 bits per heavy atom. The van der Waals surface area contributed by atoms with Crippen LogP contribution in [0.1, 0.15) is 25.1 Å². The Balaban J connectivity index is 2.61. The van der Waals surface area contributed by atoms with Crippen LogP contribution in [0, 0.1) is 0 Å². The topological polar surface area (TPSA) is 48.9 Å². The van der Waals surface area contributed by atoms with Gasteiger partial charge in [0.15, 0.2) is 0 Å². The molecule has 2 aromatic rings. The summed E-state index contributed by atoms with van der Waals surface area (Å²) in [6.45, 7) is 3.08. The molecule has 2 N–H and O–H groups in total. The zero-order chi connectivity index (χ0) is 12.8. The predicted octanol–water partition coefficient (Wildman–Crippen LogP) is 2.81. The summed E-state index contributed by atoms with van der Waals surface area (Å²) in [6, 6.07) is 3.25. The van der Waals surface area contributed by atoms with E-state index in [4.69, 9.17) is 0 Å². The summed E-state index contributed by atoms with van der Waals surface area (Å²) in [5.74, 6) is 0. The van der Waals surface area contributed by atoms with Gasteiger partial charge in [0.1, 0.15) is 5.60 Å². The van der Waals surface area contributed by atoms with Crippen LogP contribution >= 0.6 is 0 Å². The molecule has 0 saturated heterocycles. The molecule has 0 fully saturated rings. The van der Waals surface area contributed by atoms with Crippen LogP contribution in [-0.4, -0.2) is 15.3 Å². The van der Waals surface area contributed by atoms with E-state index >= 15 is 0 Å². The molecular formula is C11H11F3N2O. The van der Waals surface area contributed by atoms with Gasteiger partial charge in [-0.15, -0.1) is 0 Å². The van der Waals surface area contributed by atoms with E-state index in [1.54, 1.807) is 0 Å². The zero-order valence-corrected chi connectivity index (χ0v) is 9.26. The third kappa shape index (κ3) is 2.12. The summed E-state index contributed by atoms with van der Waals surface area (Å²) in [5.41, 5.74) is -1.33. The molecule has 0 spiro atoms. The molecule has 0 radical (unpaired) electrons. The Morgan fingerprint density at radius 2 is 1.88 bits per heavy atom. The van der Waals surface area contributed by atoms with Crippen LogP contribution in [0.4, 0.5) is 13.2 Å². The molecule has 0 aliphatic carbocycles. The maximum atomic E-state index is 12.5. The van der Waals surface area contributed by atoms with Crippen molar-refractivity contribution < 1.29 is 18.3 Å². The summed E-state index contributed by atoms with van der Waals surface area (Å²) in [4.78, 5) is 0. The lowest BCUT2D eigenvalue weighted by atomic mass is 10.0. The highest BCUT2D eigenvalue weighted by Gasteiger charge is 2.31. The number of aromatic nitrogens is 2. The summed E-state index contributed by atoms with van der Waals surface area (Å²) < 4.78 is 37.4. The number of hydrogen-bond acceptors (Lipinski definition) is 2. The van der Waals surface area contributed by atoms with Crippen LogP contribution in [0.25, 0.3) is 10.9 Å². The van der Waals surface area contributed by atoms with Crippen LogP contribution in [0.3, 0.4) is 0 Å². The van der Waals surface area contributed by atoms with Gasteiger partial charge in [0.05, 0.1) is 16.8 Å². The first-order valence-corrected chi connectivity index (χ1v) is 4.98. The lowest BCUT2D eigenvalue weighted by Gasteiger charge is -2.15. The molecule has 0 atom stereocenters. The fraction of sp³-hybridized carbons (Fsp3) is 0.364. The Kier molecular flexibility index (Phi) is 2.43. The number of benzene rings is 1. The van der Waals surface area contributed by atoms with E-state index in [9.17, 15) is 18.3 Å². The second kappa shape index (κ2) is 3.46. The van der Waals surface area contributed by atoms with Gasteiger partial charge in [0, 0.05) is 5.39 Å². The lowest BCUT2D eigenvalue weighted by Crippen LogP contribution is -2.16. The average Bonchev–Trinajstić information content (AvgIpc) is 2.57. The van der Waals surface area contributed by atoms with E-state index in [2.05, 4.69) is 10.2 Å². The number of fused-ring (bicyclic) bond motifs is 1. The highest BCUT2D eigenvalue weighted by atomic mass is 19.4. The number of H-pyrrole nitrogens is 1. The van der Waals surface area contributed by atoms with E-state index in [-0.39, 0.29) is 5.52 Å². The second-order valence-corrected chi connectivity index (χ2v) is 4.39. The van der Waals surface area contributed by atoms with Crippen LogP contribution < -0.4 is 0 Å². The molecule has 0 bridgehead atoms. The van der Waals surface area contributed by atoms with Crippen molar-refractivity contribution in [1.82, 2.24) is 10.2 Å². The number of aliphatic hydroxyl groups is 1. The van der Waals surface area contributed by atoms with Crippen molar-refractivity contribution >= 4 is 10.9 Å². The Hall–Kier alpha value is -1.56. The molecule has 0 aliphatic rings. The van der Waals surface area contributed by atoms with Crippen molar-refractivity contribution in [2.75, 3.05) is 0 Å². The molecule has 1 aromatic carbocycles. The highest BCUT2D eigenvalue weighted by Crippen LogP contribution is 2.33. The molecule has 6 heteroatoms. The first-order chi connectivity index (χ1) is 7.69. The van der Waals surface area contributed by atoms with Gasteiger partial charge in [0.2, 0.25) is 0 Å². The van der Waals surface area contributed by atoms with E-state index < -0.39 is 17.3 Å². The minimum Gasteiger partial charge on any atom is -0.384 e. The lowest BCUT2D eigenvalue weighted by molar-refractivity contribution is -0.137. The monoisotopic (exact) mass is 244 g/mol. The van der Waals surface area contributed by atoms with Crippen LogP contribution in [0.15, 0.2) is 18.2 Å². The van der Waals surface area contributed by atoms with Crippen molar-refractivity contribution in [3.63, 3.8) is 0 Å². The van der Waals surface area contributed by atoms with E-state index in [0.717, 1.165) is 12.1 Å². The largest absolute Gasteiger partial charge is 0.416 e. The van der Waals surface area contributed by atoms with E-state index in [1.165, 1.54) is 19.9 Å². The molecular weight excluding hydrogens is 233 g/mol. The third-order valence-electron chi connectivity index (χ3n) is 2.49. The maximum Gasteiger partial charge on any atom is 0.416 e. The molecule has 0 aliphatic heterocycles. The van der Waals surface area contributed by atoms with Crippen molar-refractivity contribution in [3.8, 4) is 0 Å². The van der Waals surface area contributed by atoms with E-state index in [0.29, 0.717) is 11.1 Å². The molecule has 2 rings (SSSR count). The summed E-state index contributed by atoms with van der Waals surface area (Å²) in [7, 11) is 0. The van der Waals surface area contributed by atoms with Gasteiger partial charge in [0.25, 0.3) is 0 Å². The number of nitrogens with one attached hydrogen (secondary N) is 1. The summed E-state index contributed by atoms with van der Waals surface area (Å²) in [5, 5.41) is 16.6. The van der Waals surface area contributed by atoms with Gasteiger partial charge in [-0.1, -0.05) is 6.07 Å². The van der Waals surface area contributed by atoms with Gasteiger partial charge in [-0.2, -0.15) is 18.3 Å². The number of rotatable bonds is 1. The number of aromatic amines is 1. The maximum absolute atomic E-state index is 12.5. The molecule has 3 nitrogen and oxygen atoms in total. The zero-order valence-electron chi connectivity index (χ0n) is 9.26. The average molecular weight is 244 g/mol. The molecule has 17 heavy (non-hydrogen) atoms. The highest BCUT2D eigenvalue weighted by molar-refractivity contribution is 5.82. The van der Waals surface area contributed by atoms with Crippen molar-refractivity contribution in [1.29, 1.82) is 0 Å². The van der Waals surface area contributed by atoms with Gasteiger partial charge in [-0.05, 0) is 26.0 Å². The number of nitrogens with zero attached hydrogens (tertiary/aromatic N) is 1. The number of halogens is 3. The standard InChI is InChI=1S/C11H11F3N2O/c1-10(2,17)9-7-4-3-6(11(12,13)14)5-8(7)15-16-9/h3-5,17H,1-2H3,(H,15,16). The van der Waals surface area contributed by atoms with Crippen molar-refractivity contribution in [2.24, 2.45) is 0 Å². The molecule has 1 aromatic heterocycles. The molecule has 1 heterocycles. The molecule has 0 saturated carbocycles. The molecule has 0 unspecified atom stereocenters. The minimum atomic E-state index is -4.39. The fourth-order valence-electron chi connectivity index (χ4n) is 1.65. The quantitative estimate of drug-likeness (QED) is 0.810. The predicted molar refractivity (Wildman–Crippen MR) is 56.3 cm³/mol. The SMILES string of the molecule is CC(C)(O)c1[nH]nc2cc(C(F)(F)F)ccc12. The molecule has 92 valence electrons. The third-order valence-corrected chi connectivity index (χ3v) is 2.49. The normalized spacial score (nSPS) is 13.3. The number of alkyl halides is 3. The minimum absolute atomic E-state index is 0.192. The Bertz CT molecular complexity index is 552. The number of hydrogen-bond donors (Lipinski definition) is 2. The summed E-state index contributed by atoms with van der Waals surface area (Å²) >= 11 is 0. The van der Waals surface area contributed by atoms with Gasteiger partial charge >= 0.3 is 6.18 Å². The van der Waals surface area contributed by atoms with E-state index in [1.807, 2.05) is 0 Å². The fourth-order valence-corrected chi connectivity index (χ4v) is 1.65. The van der Waals surface area contributed by atoms with Crippen LogP contribution in [-0.2, 0) is 11.8 Å². The Labute approximate surface area is 95.3 Å². The van der Waals surface area contributed by atoms with Crippen LogP contribution in [0.5, 0.6) is 0 Å². The second-order valence-electron chi connectivity index (χ2n) is 4.39.